The Morgan fingerprint density at radius 2 is 1.75 bits per heavy atom. The molecule has 0 aliphatic rings. The molecule has 0 aliphatic carbocycles. The first-order valence-electron chi connectivity index (χ1n) is 5.04. The standard InChI is InChI=1S/C11H14O4S/c1-4-14-10(12)8-6-16-9(7(8)3)11(13)15-5-2/h6H,4-5H2,1-3H3. The van der Waals surface area contributed by atoms with Gasteiger partial charge in [-0.2, -0.15) is 0 Å². The summed E-state index contributed by atoms with van der Waals surface area (Å²) in [5.41, 5.74) is 1.07. The van der Waals surface area contributed by atoms with Crippen molar-refractivity contribution >= 4 is 23.3 Å². The van der Waals surface area contributed by atoms with Gasteiger partial charge in [0.15, 0.2) is 0 Å². The summed E-state index contributed by atoms with van der Waals surface area (Å²) < 4.78 is 9.76. The van der Waals surface area contributed by atoms with Gasteiger partial charge >= 0.3 is 11.9 Å². The smallest absolute Gasteiger partial charge is 0.348 e. The summed E-state index contributed by atoms with van der Waals surface area (Å²) in [7, 11) is 0. The van der Waals surface area contributed by atoms with Crippen LogP contribution in [0.2, 0.25) is 0 Å². The zero-order valence-corrected chi connectivity index (χ0v) is 10.3. The molecule has 0 atom stereocenters. The number of ether oxygens (including phenoxy) is 2. The average molecular weight is 242 g/mol. The molecule has 1 aromatic rings. The molecule has 5 heteroatoms. The summed E-state index contributed by atoms with van der Waals surface area (Å²) >= 11 is 1.20. The molecule has 0 saturated carbocycles. The first kappa shape index (κ1) is 12.7. The number of carbonyl (C=O) groups is 2. The first-order chi connectivity index (χ1) is 7.61. The van der Waals surface area contributed by atoms with Crippen molar-refractivity contribution in [2.24, 2.45) is 0 Å². The third-order valence-corrected chi connectivity index (χ3v) is 3.06. The van der Waals surface area contributed by atoms with Gasteiger partial charge < -0.3 is 9.47 Å². The predicted octanol–water partition coefficient (Wildman–Crippen LogP) is 2.41. The first-order valence-corrected chi connectivity index (χ1v) is 5.92. The molecular weight excluding hydrogens is 228 g/mol. The van der Waals surface area contributed by atoms with Gasteiger partial charge in [-0.15, -0.1) is 11.3 Å². The summed E-state index contributed by atoms with van der Waals surface area (Å²) in [5, 5.41) is 1.62. The molecule has 4 nitrogen and oxygen atoms in total. The van der Waals surface area contributed by atoms with Crippen LogP contribution >= 0.6 is 11.3 Å². The van der Waals surface area contributed by atoms with E-state index in [4.69, 9.17) is 9.47 Å². The van der Waals surface area contributed by atoms with Crippen LogP contribution in [0, 0.1) is 6.92 Å². The fourth-order valence-electron chi connectivity index (χ4n) is 1.22. The number of carbonyl (C=O) groups excluding carboxylic acids is 2. The Kier molecular flexibility index (Phi) is 4.49. The van der Waals surface area contributed by atoms with Gasteiger partial charge in [0, 0.05) is 5.38 Å². The average Bonchev–Trinajstić information content (AvgIpc) is 2.61. The highest BCUT2D eigenvalue weighted by Crippen LogP contribution is 2.23. The Balaban J connectivity index is 2.92. The lowest BCUT2D eigenvalue weighted by Gasteiger charge is -2.02. The summed E-state index contributed by atoms with van der Waals surface area (Å²) in [6.45, 7) is 5.85. The van der Waals surface area contributed by atoms with E-state index in [9.17, 15) is 9.59 Å². The molecule has 1 rings (SSSR count). The van der Waals surface area contributed by atoms with Crippen molar-refractivity contribution in [2.75, 3.05) is 13.2 Å². The van der Waals surface area contributed by atoms with E-state index in [1.807, 2.05) is 0 Å². The highest BCUT2D eigenvalue weighted by molar-refractivity contribution is 7.12. The predicted molar refractivity (Wildman–Crippen MR) is 61.0 cm³/mol. The second kappa shape index (κ2) is 5.65. The Bertz CT molecular complexity index is 359. The van der Waals surface area contributed by atoms with E-state index in [1.165, 1.54) is 11.3 Å². The number of esters is 2. The number of hydrogen-bond acceptors (Lipinski definition) is 5. The maximum atomic E-state index is 11.5. The van der Waals surface area contributed by atoms with E-state index in [0.717, 1.165) is 0 Å². The summed E-state index contributed by atoms with van der Waals surface area (Å²) in [6, 6.07) is 0. The molecule has 1 heterocycles. The van der Waals surface area contributed by atoms with Crippen molar-refractivity contribution in [3.05, 3.63) is 21.4 Å². The van der Waals surface area contributed by atoms with Crippen LogP contribution in [0.15, 0.2) is 5.38 Å². The molecule has 0 fully saturated rings. The minimum absolute atomic E-state index is 0.322. The van der Waals surface area contributed by atoms with Crippen LogP contribution in [0.4, 0.5) is 0 Å². The second-order valence-corrected chi connectivity index (χ2v) is 3.92. The lowest BCUT2D eigenvalue weighted by Crippen LogP contribution is -2.08. The molecule has 0 saturated heterocycles. The topological polar surface area (TPSA) is 52.6 Å². The van der Waals surface area contributed by atoms with E-state index in [2.05, 4.69) is 0 Å². The van der Waals surface area contributed by atoms with Gasteiger partial charge in [-0.25, -0.2) is 9.59 Å². The maximum absolute atomic E-state index is 11.5. The van der Waals surface area contributed by atoms with Gasteiger partial charge in [-0.1, -0.05) is 0 Å². The van der Waals surface area contributed by atoms with E-state index in [-0.39, 0.29) is 5.97 Å². The van der Waals surface area contributed by atoms with Gasteiger partial charge in [-0.3, -0.25) is 0 Å². The maximum Gasteiger partial charge on any atom is 0.348 e. The highest BCUT2D eigenvalue weighted by Gasteiger charge is 2.20. The van der Waals surface area contributed by atoms with Gasteiger partial charge in [0.05, 0.1) is 18.8 Å². The van der Waals surface area contributed by atoms with Crippen LogP contribution in [0.5, 0.6) is 0 Å². The molecule has 0 unspecified atom stereocenters. The molecule has 88 valence electrons. The van der Waals surface area contributed by atoms with E-state index < -0.39 is 5.97 Å². The highest BCUT2D eigenvalue weighted by atomic mass is 32.1. The molecule has 0 N–H and O–H groups in total. The number of rotatable bonds is 4. The Morgan fingerprint density at radius 1 is 1.19 bits per heavy atom. The van der Waals surface area contributed by atoms with Gasteiger partial charge in [0.25, 0.3) is 0 Å². The lowest BCUT2D eigenvalue weighted by atomic mass is 10.2. The summed E-state index contributed by atoms with van der Waals surface area (Å²) in [6.07, 6.45) is 0. The fourth-order valence-corrected chi connectivity index (χ4v) is 2.18. The third kappa shape index (κ3) is 2.61. The Morgan fingerprint density at radius 3 is 2.31 bits per heavy atom. The Hall–Kier alpha value is -1.36. The molecule has 0 radical (unpaired) electrons. The van der Waals surface area contributed by atoms with E-state index in [1.54, 1.807) is 26.2 Å². The van der Waals surface area contributed by atoms with Crippen LogP contribution in [0.3, 0.4) is 0 Å². The number of thiophene rings is 1. The Labute approximate surface area is 98.2 Å². The molecule has 0 amide bonds. The van der Waals surface area contributed by atoms with Gasteiger partial charge in [-0.05, 0) is 26.3 Å². The third-order valence-electron chi connectivity index (χ3n) is 2.00. The minimum Gasteiger partial charge on any atom is -0.462 e. The minimum atomic E-state index is -0.396. The van der Waals surface area contributed by atoms with Crippen molar-refractivity contribution in [1.82, 2.24) is 0 Å². The van der Waals surface area contributed by atoms with Crippen LogP contribution in [0.1, 0.15) is 39.4 Å². The molecule has 0 spiro atoms. The zero-order valence-electron chi connectivity index (χ0n) is 9.53. The molecule has 0 aliphatic heterocycles. The van der Waals surface area contributed by atoms with Crippen molar-refractivity contribution in [1.29, 1.82) is 0 Å². The van der Waals surface area contributed by atoms with E-state index in [0.29, 0.717) is 29.2 Å². The molecule has 0 bridgehead atoms. The van der Waals surface area contributed by atoms with Crippen LogP contribution in [-0.4, -0.2) is 25.2 Å². The van der Waals surface area contributed by atoms with Crippen molar-refractivity contribution in [3.63, 3.8) is 0 Å². The van der Waals surface area contributed by atoms with Crippen LogP contribution in [-0.2, 0) is 9.47 Å². The summed E-state index contributed by atoms with van der Waals surface area (Å²) in [5.74, 6) is -0.785. The van der Waals surface area contributed by atoms with Crippen molar-refractivity contribution in [2.45, 2.75) is 20.8 Å². The van der Waals surface area contributed by atoms with Crippen molar-refractivity contribution < 1.29 is 19.1 Å². The summed E-state index contributed by atoms with van der Waals surface area (Å²) in [4.78, 5) is 23.4. The zero-order chi connectivity index (χ0) is 12.1. The SMILES string of the molecule is CCOC(=O)c1csc(C(=O)OCC)c1C. The van der Waals surface area contributed by atoms with E-state index >= 15 is 0 Å². The normalized spacial score (nSPS) is 9.94. The molecular formula is C11H14O4S. The molecule has 1 aromatic heterocycles. The van der Waals surface area contributed by atoms with Crippen LogP contribution < -0.4 is 0 Å². The van der Waals surface area contributed by atoms with Gasteiger partial charge in [0.1, 0.15) is 4.88 Å². The van der Waals surface area contributed by atoms with Gasteiger partial charge in [0.2, 0.25) is 0 Å². The van der Waals surface area contributed by atoms with Crippen LogP contribution in [0.25, 0.3) is 0 Å². The quantitative estimate of drug-likeness (QED) is 0.761. The molecule has 16 heavy (non-hydrogen) atoms. The fraction of sp³-hybridized carbons (Fsp3) is 0.455. The monoisotopic (exact) mass is 242 g/mol. The second-order valence-electron chi connectivity index (χ2n) is 3.04. The molecule has 0 aromatic carbocycles. The largest absolute Gasteiger partial charge is 0.462 e. The number of hydrogen-bond donors (Lipinski definition) is 0. The lowest BCUT2D eigenvalue weighted by molar-refractivity contribution is 0.0526. The van der Waals surface area contributed by atoms with Crippen molar-refractivity contribution in [3.8, 4) is 0 Å².